The Balaban J connectivity index is 2.74. The average molecular weight is 211 g/mol. The van der Waals surface area contributed by atoms with Crippen molar-refractivity contribution in [1.29, 1.82) is 0 Å². The third kappa shape index (κ3) is 3.09. The molecule has 4 nitrogen and oxygen atoms in total. The van der Waals surface area contributed by atoms with Crippen LogP contribution in [0.5, 0.6) is 0 Å². The van der Waals surface area contributed by atoms with Crippen molar-refractivity contribution in [3.63, 3.8) is 0 Å². The highest BCUT2D eigenvalue weighted by atomic mass is 16.5. The summed E-state index contributed by atoms with van der Waals surface area (Å²) >= 11 is 0. The SMILES string of the molecule is CCC(N)C(CC(=O)OC)c1ccoc1. The summed E-state index contributed by atoms with van der Waals surface area (Å²) in [6.07, 6.45) is 4.32. The summed E-state index contributed by atoms with van der Waals surface area (Å²) in [6.45, 7) is 2.00. The highest BCUT2D eigenvalue weighted by Gasteiger charge is 2.23. The molecule has 4 heteroatoms. The molecule has 2 atom stereocenters. The van der Waals surface area contributed by atoms with E-state index in [9.17, 15) is 4.79 Å². The molecule has 84 valence electrons. The molecule has 0 amide bonds. The fourth-order valence-corrected chi connectivity index (χ4v) is 1.55. The monoisotopic (exact) mass is 211 g/mol. The molecule has 1 aromatic heterocycles. The van der Waals surface area contributed by atoms with Crippen LogP contribution < -0.4 is 5.73 Å². The standard InChI is InChI=1S/C11H17NO3/c1-3-10(12)9(6-11(13)14-2)8-4-5-15-7-8/h4-5,7,9-10H,3,6,12H2,1-2H3. The molecular formula is C11H17NO3. The fourth-order valence-electron chi connectivity index (χ4n) is 1.55. The third-order valence-electron chi connectivity index (χ3n) is 2.57. The number of furan rings is 1. The molecule has 0 fully saturated rings. The molecule has 0 aliphatic carbocycles. The van der Waals surface area contributed by atoms with Gasteiger partial charge in [-0.1, -0.05) is 6.92 Å². The highest BCUT2D eigenvalue weighted by Crippen LogP contribution is 2.24. The first-order valence-corrected chi connectivity index (χ1v) is 5.03. The third-order valence-corrected chi connectivity index (χ3v) is 2.57. The molecule has 2 N–H and O–H groups in total. The van der Waals surface area contributed by atoms with Gasteiger partial charge >= 0.3 is 5.97 Å². The van der Waals surface area contributed by atoms with E-state index in [-0.39, 0.29) is 17.9 Å². The number of methoxy groups -OCH3 is 1. The Morgan fingerprint density at radius 2 is 2.40 bits per heavy atom. The molecule has 0 radical (unpaired) electrons. The first-order chi connectivity index (χ1) is 7.19. The minimum atomic E-state index is -0.245. The minimum absolute atomic E-state index is 0.0267. The molecule has 0 aromatic carbocycles. The lowest BCUT2D eigenvalue weighted by Crippen LogP contribution is -2.29. The van der Waals surface area contributed by atoms with Crippen LogP contribution in [0.2, 0.25) is 0 Å². The van der Waals surface area contributed by atoms with E-state index in [1.165, 1.54) is 7.11 Å². The summed E-state index contributed by atoms with van der Waals surface area (Å²) in [7, 11) is 1.38. The number of nitrogens with two attached hydrogens (primary N) is 1. The van der Waals surface area contributed by atoms with Crippen molar-refractivity contribution in [2.75, 3.05) is 7.11 Å². The van der Waals surface area contributed by atoms with E-state index >= 15 is 0 Å². The predicted molar refractivity (Wildman–Crippen MR) is 56.3 cm³/mol. The van der Waals surface area contributed by atoms with E-state index in [4.69, 9.17) is 10.2 Å². The molecule has 15 heavy (non-hydrogen) atoms. The molecule has 0 saturated carbocycles. The summed E-state index contributed by atoms with van der Waals surface area (Å²) in [5.74, 6) is -0.272. The van der Waals surface area contributed by atoms with E-state index in [0.29, 0.717) is 6.42 Å². The molecule has 0 bridgehead atoms. The second kappa shape index (κ2) is 5.56. The maximum Gasteiger partial charge on any atom is 0.306 e. The van der Waals surface area contributed by atoms with E-state index in [1.54, 1.807) is 12.5 Å². The Morgan fingerprint density at radius 3 is 2.87 bits per heavy atom. The van der Waals surface area contributed by atoms with Crippen molar-refractivity contribution < 1.29 is 13.9 Å². The summed E-state index contributed by atoms with van der Waals surface area (Å²) in [5, 5.41) is 0. The molecule has 2 unspecified atom stereocenters. The first kappa shape index (κ1) is 11.8. The van der Waals surface area contributed by atoms with Crippen LogP contribution in [0.4, 0.5) is 0 Å². The molecule has 1 aromatic rings. The number of carbonyl (C=O) groups excluding carboxylic acids is 1. The molecule has 1 heterocycles. The van der Waals surface area contributed by atoms with Crippen molar-refractivity contribution >= 4 is 5.97 Å². The van der Waals surface area contributed by atoms with Crippen LogP contribution in [-0.4, -0.2) is 19.1 Å². The maximum absolute atomic E-state index is 11.2. The Labute approximate surface area is 89.4 Å². The van der Waals surface area contributed by atoms with E-state index in [1.807, 2.05) is 13.0 Å². The maximum atomic E-state index is 11.2. The zero-order valence-electron chi connectivity index (χ0n) is 9.10. The molecule has 0 aliphatic heterocycles. The molecule has 0 spiro atoms. The van der Waals surface area contributed by atoms with Gasteiger partial charge in [0.15, 0.2) is 0 Å². The van der Waals surface area contributed by atoms with Crippen molar-refractivity contribution in [2.45, 2.75) is 31.7 Å². The summed E-state index contributed by atoms with van der Waals surface area (Å²) < 4.78 is 9.65. The number of ether oxygens (including phenoxy) is 1. The van der Waals surface area contributed by atoms with Crippen LogP contribution in [0.25, 0.3) is 0 Å². The van der Waals surface area contributed by atoms with Gasteiger partial charge in [0.25, 0.3) is 0 Å². The fraction of sp³-hybridized carbons (Fsp3) is 0.545. The highest BCUT2D eigenvalue weighted by molar-refractivity contribution is 5.70. The molecule has 0 aliphatic rings. The van der Waals surface area contributed by atoms with Crippen LogP contribution in [0.1, 0.15) is 31.2 Å². The lowest BCUT2D eigenvalue weighted by atomic mass is 9.89. The van der Waals surface area contributed by atoms with Gasteiger partial charge in [0.2, 0.25) is 0 Å². The van der Waals surface area contributed by atoms with Crippen LogP contribution in [0.15, 0.2) is 23.0 Å². The Hall–Kier alpha value is -1.29. The van der Waals surface area contributed by atoms with Gasteiger partial charge in [-0.2, -0.15) is 0 Å². The van der Waals surface area contributed by atoms with E-state index in [0.717, 1.165) is 12.0 Å². The second-order valence-electron chi connectivity index (χ2n) is 3.52. The van der Waals surface area contributed by atoms with Gasteiger partial charge in [-0.05, 0) is 18.1 Å². The smallest absolute Gasteiger partial charge is 0.306 e. The van der Waals surface area contributed by atoms with Crippen molar-refractivity contribution in [3.8, 4) is 0 Å². The van der Waals surface area contributed by atoms with Crippen LogP contribution >= 0.6 is 0 Å². The Morgan fingerprint density at radius 1 is 1.67 bits per heavy atom. The average Bonchev–Trinajstić information content (AvgIpc) is 2.77. The second-order valence-corrected chi connectivity index (χ2v) is 3.52. The quantitative estimate of drug-likeness (QED) is 0.752. The van der Waals surface area contributed by atoms with Crippen molar-refractivity contribution in [1.82, 2.24) is 0 Å². The zero-order valence-corrected chi connectivity index (χ0v) is 9.10. The number of hydrogen-bond donors (Lipinski definition) is 1. The lowest BCUT2D eigenvalue weighted by molar-refractivity contribution is -0.141. The van der Waals surface area contributed by atoms with Gasteiger partial charge in [0.05, 0.1) is 26.1 Å². The van der Waals surface area contributed by atoms with Gasteiger partial charge < -0.3 is 14.9 Å². The predicted octanol–water partition coefficient (Wildman–Crippen LogP) is 1.66. The summed E-state index contributed by atoms with van der Waals surface area (Å²) in [5.41, 5.74) is 6.92. The first-order valence-electron chi connectivity index (χ1n) is 5.03. The Kier molecular flexibility index (Phi) is 4.37. The van der Waals surface area contributed by atoms with Crippen LogP contribution in [0.3, 0.4) is 0 Å². The van der Waals surface area contributed by atoms with Gasteiger partial charge in [-0.15, -0.1) is 0 Å². The summed E-state index contributed by atoms with van der Waals surface area (Å²) in [6, 6.07) is 1.78. The number of carbonyl (C=O) groups is 1. The van der Waals surface area contributed by atoms with Crippen molar-refractivity contribution in [3.05, 3.63) is 24.2 Å². The number of rotatable bonds is 5. The van der Waals surface area contributed by atoms with Crippen LogP contribution in [-0.2, 0) is 9.53 Å². The Bertz CT molecular complexity index is 295. The van der Waals surface area contributed by atoms with Gasteiger partial charge in [0.1, 0.15) is 0 Å². The normalized spacial score (nSPS) is 14.6. The van der Waals surface area contributed by atoms with Gasteiger partial charge in [0, 0.05) is 12.0 Å². The van der Waals surface area contributed by atoms with Crippen LogP contribution in [0, 0.1) is 0 Å². The van der Waals surface area contributed by atoms with Gasteiger partial charge in [-0.3, -0.25) is 4.79 Å². The zero-order chi connectivity index (χ0) is 11.3. The minimum Gasteiger partial charge on any atom is -0.472 e. The lowest BCUT2D eigenvalue weighted by Gasteiger charge is -2.20. The molecular weight excluding hydrogens is 194 g/mol. The van der Waals surface area contributed by atoms with E-state index < -0.39 is 0 Å². The molecule has 0 saturated heterocycles. The molecule has 1 rings (SSSR count). The summed E-state index contributed by atoms with van der Waals surface area (Å²) in [4.78, 5) is 11.2. The largest absolute Gasteiger partial charge is 0.472 e. The van der Waals surface area contributed by atoms with E-state index in [2.05, 4.69) is 4.74 Å². The van der Waals surface area contributed by atoms with Crippen molar-refractivity contribution in [2.24, 2.45) is 5.73 Å². The number of esters is 1. The topological polar surface area (TPSA) is 65.5 Å². The van der Waals surface area contributed by atoms with Gasteiger partial charge in [-0.25, -0.2) is 0 Å². The number of hydrogen-bond acceptors (Lipinski definition) is 4.